The minimum absolute atomic E-state index is 0.00729. The van der Waals surface area contributed by atoms with Gasteiger partial charge in [-0.1, -0.05) is 74.0 Å². The number of rotatable bonds is 24. The van der Waals surface area contributed by atoms with Crippen molar-refractivity contribution in [2.75, 3.05) is 19.8 Å². The Balaban J connectivity index is 1.32. The number of fused-ring (bicyclic) bond motifs is 2. The van der Waals surface area contributed by atoms with Crippen LogP contribution in [-0.2, 0) is 27.5 Å². The van der Waals surface area contributed by atoms with Gasteiger partial charge in [-0.25, -0.2) is 4.39 Å². The number of ether oxygens (including phenoxy) is 3. The van der Waals surface area contributed by atoms with E-state index in [9.17, 15) is 34.8 Å². The highest BCUT2D eigenvalue weighted by molar-refractivity contribution is 6.03. The van der Waals surface area contributed by atoms with Crippen LogP contribution in [-0.4, -0.2) is 68.2 Å². The second-order valence-electron chi connectivity index (χ2n) is 19.2. The van der Waals surface area contributed by atoms with Crippen LogP contribution in [0.25, 0.3) is 0 Å². The summed E-state index contributed by atoms with van der Waals surface area (Å²) in [5, 5.41) is 48.2. The first-order valence-electron chi connectivity index (χ1n) is 24.9. The van der Waals surface area contributed by atoms with Crippen LogP contribution in [0.2, 0.25) is 0 Å². The number of carbonyl (C=O) groups excluding carboxylic acids is 1. The molecule has 0 radical (unpaired) electrons. The summed E-state index contributed by atoms with van der Waals surface area (Å²) >= 11 is 0. The van der Waals surface area contributed by atoms with Gasteiger partial charge in [0.25, 0.3) is 11.4 Å². The molecule has 2 N–H and O–H groups in total. The van der Waals surface area contributed by atoms with E-state index >= 15 is 4.79 Å². The maximum absolute atomic E-state index is 15.2. The number of nitro groups is 2. The molecule has 0 saturated heterocycles. The molecule has 1 aliphatic heterocycles. The summed E-state index contributed by atoms with van der Waals surface area (Å²) in [5.41, 5.74) is 3.36. The van der Waals surface area contributed by atoms with Gasteiger partial charge in [0.15, 0.2) is 0 Å². The molecule has 1 amide bonds. The van der Waals surface area contributed by atoms with E-state index in [0.717, 1.165) is 43.2 Å². The lowest BCUT2D eigenvalue weighted by molar-refractivity contribution is -0.385. The largest absolute Gasteiger partial charge is 0.459 e. The summed E-state index contributed by atoms with van der Waals surface area (Å²) in [6.07, 6.45) is 13.4. The molecular formula is C55H63FN4O11. The van der Waals surface area contributed by atoms with E-state index in [1.165, 1.54) is 36.4 Å². The standard InChI is InChI=1S/C55H63FN4O11/c1-2-30-68-55-51(58(35-38-16-21-41(56)22-17-38)52(63)27-20-37-10-3-4-11-37)34-49(57-69-36-39-18-23-42(24-19-39)59(64)65)47-31-40(12-5-7-28-61)46(15-6-8-29-62)53(54(47)55)48-33-45(25-26-50(48)71-55)70-44-14-9-13-43(32-44)60(66)67/h2,9,13-14,16-19,21-26,31-33,37,40,46,51,53-54,61-62H,1,3-8,10-12,15,20,27-30,34-36H2/t40-,46+,51-,53+,54+,55+/m0/s1. The maximum atomic E-state index is 15.2. The van der Waals surface area contributed by atoms with Crippen LogP contribution in [0.4, 0.5) is 15.8 Å². The lowest BCUT2D eigenvalue weighted by Gasteiger charge is -2.60. The lowest BCUT2D eigenvalue weighted by Crippen LogP contribution is -2.70. The van der Waals surface area contributed by atoms with E-state index < -0.39 is 33.4 Å². The van der Waals surface area contributed by atoms with Crippen LogP contribution >= 0.6 is 0 Å². The topological polar surface area (TPSA) is 196 Å². The van der Waals surface area contributed by atoms with E-state index in [2.05, 4.69) is 12.7 Å². The third kappa shape index (κ3) is 11.8. The zero-order chi connectivity index (χ0) is 49.9. The highest BCUT2D eigenvalue weighted by atomic mass is 19.1. The first-order valence-corrected chi connectivity index (χ1v) is 24.9. The van der Waals surface area contributed by atoms with Crippen molar-refractivity contribution >= 4 is 23.0 Å². The summed E-state index contributed by atoms with van der Waals surface area (Å²) < 4.78 is 35.4. The SMILES string of the molecule is C=CCO[C@@]12Oc3ccc(Oc4cccc([N+](=O)[O-])c4)cc3[C@H]3[C@H](CCCCO)[C@@H](CCCCO)C=C(C(=NOCc4ccc([N+](=O)[O-])cc4)C[C@@H]1N(Cc1ccc(F)cc1)C(=O)CCC1CCCC1)[C@H]32. The fourth-order valence-corrected chi connectivity index (χ4v) is 11.3. The molecule has 15 nitrogen and oxygen atoms in total. The number of nitrogens with zero attached hydrogens (tertiary/aromatic N) is 4. The van der Waals surface area contributed by atoms with E-state index in [1.807, 2.05) is 17.0 Å². The van der Waals surface area contributed by atoms with Crippen LogP contribution in [0.5, 0.6) is 17.2 Å². The van der Waals surface area contributed by atoms with Crippen LogP contribution in [0.1, 0.15) is 106 Å². The molecule has 2 fully saturated rings. The van der Waals surface area contributed by atoms with Gasteiger partial charge in [0.05, 0.1) is 34.1 Å². The number of nitro benzene ring substituents is 2. The number of benzene rings is 4. The first-order chi connectivity index (χ1) is 34.5. The summed E-state index contributed by atoms with van der Waals surface area (Å²) in [6, 6.07) is 22.8. The molecular weight excluding hydrogens is 912 g/mol. The van der Waals surface area contributed by atoms with Gasteiger partial charge in [-0.2, -0.15) is 0 Å². The maximum Gasteiger partial charge on any atom is 0.273 e. The Bertz CT molecular complexity index is 2570. The first kappa shape index (κ1) is 50.9. The average molecular weight is 975 g/mol. The van der Waals surface area contributed by atoms with Crippen molar-refractivity contribution in [2.45, 2.75) is 114 Å². The van der Waals surface area contributed by atoms with Gasteiger partial charge >= 0.3 is 0 Å². The second kappa shape index (κ2) is 23.6. The number of unbranched alkanes of at least 4 members (excludes halogenated alkanes) is 2. The zero-order valence-corrected chi connectivity index (χ0v) is 39.9. The van der Waals surface area contributed by atoms with Crippen molar-refractivity contribution in [1.29, 1.82) is 0 Å². The number of allylic oxidation sites excluding steroid dienone is 1. The number of hydrogen-bond donors (Lipinski definition) is 2. The molecule has 0 bridgehead atoms. The molecule has 0 spiro atoms. The van der Waals surface area contributed by atoms with Crippen LogP contribution in [0, 0.1) is 49.7 Å². The molecule has 71 heavy (non-hydrogen) atoms. The van der Waals surface area contributed by atoms with Crippen molar-refractivity contribution in [3.63, 3.8) is 0 Å². The molecule has 16 heteroatoms. The smallest absolute Gasteiger partial charge is 0.273 e. The molecule has 6 atom stereocenters. The number of hydrogen-bond acceptors (Lipinski definition) is 12. The van der Waals surface area contributed by atoms with Gasteiger partial charge in [-0.15, -0.1) is 6.58 Å². The number of amides is 1. The van der Waals surface area contributed by atoms with Crippen LogP contribution in [0.3, 0.4) is 0 Å². The molecule has 376 valence electrons. The summed E-state index contributed by atoms with van der Waals surface area (Å²) in [6.45, 7) is 4.23. The van der Waals surface area contributed by atoms with Crippen molar-refractivity contribution in [3.05, 3.63) is 158 Å². The zero-order valence-electron chi connectivity index (χ0n) is 39.9. The third-order valence-corrected chi connectivity index (χ3v) is 14.7. The van der Waals surface area contributed by atoms with Crippen LogP contribution in [0.15, 0.2) is 120 Å². The predicted molar refractivity (Wildman–Crippen MR) is 264 cm³/mol. The quantitative estimate of drug-likeness (QED) is 0.0293. The molecule has 4 aromatic rings. The average Bonchev–Trinajstić information content (AvgIpc) is 3.90. The molecule has 8 rings (SSSR count). The van der Waals surface area contributed by atoms with Crippen molar-refractivity contribution < 1.29 is 48.3 Å². The van der Waals surface area contributed by atoms with E-state index in [0.29, 0.717) is 72.8 Å². The van der Waals surface area contributed by atoms with E-state index in [4.69, 9.17) is 24.2 Å². The van der Waals surface area contributed by atoms with Gasteiger partial charge < -0.3 is 34.2 Å². The molecule has 0 aromatic heterocycles. The van der Waals surface area contributed by atoms with Crippen LogP contribution < -0.4 is 9.47 Å². The molecule has 0 unspecified atom stereocenters. The van der Waals surface area contributed by atoms with Gasteiger partial charge in [0.2, 0.25) is 11.7 Å². The second-order valence-corrected chi connectivity index (χ2v) is 19.2. The number of oxime groups is 1. The minimum atomic E-state index is -1.56. The van der Waals surface area contributed by atoms with Crippen molar-refractivity contribution in [2.24, 2.45) is 28.8 Å². The van der Waals surface area contributed by atoms with Gasteiger partial charge in [-0.05, 0) is 115 Å². The molecule has 2 saturated carbocycles. The number of non-ortho nitro benzene ring substituents is 2. The number of carbonyl (C=O) groups is 1. The Hall–Kier alpha value is -6.49. The molecule has 4 aromatic carbocycles. The molecule has 4 aliphatic rings. The lowest BCUT2D eigenvalue weighted by atomic mass is 9.55. The summed E-state index contributed by atoms with van der Waals surface area (Å²) in [7, 11) is 0. The highest BCUT2D eigenvalue weighted by Crippen LogP contribution is 2.62. The summed E-state index contributed by atoms with van der Waals surface area (Å²) in [5.74, 6) is -1.67. The number of halogens is 1. The van der Waals surface area contributed by atoms with Crippen molar-refractivity contribution in [3.8, 4) is 17.2 Å². The third-order valence-electron chi connectivity index (χ3n) is 14.7. The number of aliphatic hydroxyl groups excluding tert-OH is 2. The fraction of sp³-hybridized carbons (Fsp3) is 0.455. The molecule has 3 aliphatic carbocycles. The number of aliphatic hydroxyl groups is 2. The Morgan fingerprint density at radius 1 is 0.873 bits per heavy atom. The van der Waals surface area contributed by atoms with E-state index in [1.54, 1.807) is 48.5 Å². The summed E-state index contributed by atoms with van der Waals surface area (Å²) in [4.78, 5) is 45.5. The Morgan fingerprint density at radius 2 is 1.58 bits per heavy atom. The monoisotopic (exact) mass is 974 g/mol. The normalized spacial score (nSPS) is 22.9. The Kier molecular flexibility index (Phi) is 16.9. The Morgan fingerprint density at radius 3 is 2.28 bits per heavy atom. The van der Waals surface area contributed by atoms with Gasteiger partial charge in [-0.3, -0.25) is 25.0 Å². The predicted octanol–water partition coefficient (Wildman–Crippen LogP) is 11.3. The van der Waals surface area contributed by atoms with Crippen molar-refractivity contribution in [1.82, 2.24) is 4.90 Å². The highest BCUT2D eigenvalue weighted by Gasteiger charge is 2.65. The molecule has 1 heterocycles. The van der Waals surface area contributed by atoms with E-state index in [-0.39, 0.29) is 86.6 Å². The van der Waals surface area contributed by atoms with Gasteiger partial charge in [0, 0.05) is 62.3 Å². The van der Waals surface area contributed by atoms with Gasteiger partial charge in [0.1, 0.15) is 35.7 Å². The minimum Gasteiger partial charge on any atom is -0.459 e. The fourth-order valence-electron chi connectivity index (χ4n) is 11.3. The Labute approximate surface area is 413 Å².